The van der Waals surface area contributed by atoms with Crippen LogP contribution in [0.15, 0.2) is 54.1 Å². The first-order chi connectivity index (χ1) is 13.0. The van der Waals surface area contributed by atoms with Crippen molar-refractivity contribution in [3.63, 3.8) is 0 Å². The highest BCUT2D eigenvalue weighted by molar-refractivity contribution is 6.00. The maximum Gasteiger partial charge on any atom is 0.259 e. The molecule has 1 unspecified atom stereocenters. The van der Waals surface area contributed by atoms with Gasteiger partial charge < -0.3 is 15.2 Å². The van der Waals surface area contributed by atoms with E-state index in [-0.39, 0.29) is 5.57 Å². The zero-order valence-electron chi connectivity index (χ0n) is 15.6. The van der Waals surface area contributed by atoms with Gasteiger partial charge in [-0.1, -0.05) is 38.1 Å². The molecule has 27 heavy (non-hydrogen) atoms. The second kappa shape index (κ2) is 10.0. The van der Waals surface area contributed by atoms with Crippen molar-refractivity contribution in [2.75, 3.05) is 13.2 Å². The monoisotopic (exact) mass is 364 g/mol. The Balaban J connectivity index is 1.80. The Bertz CT molecular complexity index is 818. The molecule has 0 spiro atoms. The summed E-state index contributed by atoms with van der Waals surface area (Å²) in [6, 6.07) is 17.0. The fraction of sp³-hybridized carbons (Fsp3) is 0.273. The minimum absolute atomic E-state index is 0.0867. The predicted octanol–water partition coefficient (Wildman–Crippen LogP) is 4.05. The van der Waals surface area contributed by atoms with Crippen LogP contribution >= 0.6 is 0 Å². The molecular weight excluding hydrogens is 340 g/mol. The van der Waals surface area contributed by atoms with Crippen molar-refractivity contribution in [1.29, 1.82) is 5.26 Å². The molecule has 2 N–H and O–H groups in total. The molecular formula is C22H24N2O3. The molecule has 0 bridgehead atoms. The summed E-state index contributed by atoms with van der Waals surface area (Å²) in [6.45, 7) is 5.23. The molecule has 0 saturated heterocycles. The van der Waals surface area contributed by atoms with Gasteiger partial charge in [0.2, 0.25) is 0 Å². The Morgan fingerprint density at radius 1 is 1.07 bits per heavy atom. The highest BCUT2D eigenvalue weighted by atomic mass is 16.5. The van der Waals surface area contributed by atoms with Gasteiger partial charge in [-0.05, 0) is 53.8 Å². The quantitative estimate of drug-likeness (QED) is 0.413. The van der Waals surface area contributed by atoms with Crippen molar-refractivity contribution in [2.24, 2.45) is 5.73 Å². The number of nitrogens with zero attached hydrogens (tertiary/aromatic N) is 1. The van der Waals surface area contributed by atoms with Crippen LogP contribution in [0, 0.1) is 11.3 Å². The number of carbonyl (C=O) groups excluding carboxylic acids is 1. The van der Waals surface area contributed by atoms with Gasteiger partial charge in [0.05, 0.1) is 0 Å². The molecule has 0 radical (unpaired) electrons. The van der Waals surface area contributed by atoms with E-state index in [1.807, 2.05) is 12.1 Å². The van der Waals surface area contributed by atoms with Gasteiger partial charge in [-0.2, -0.15) is 5.26 Å². The minimum Gasteiger partial charge on any atom is -0.490 e. The average molecular weight is 364 g/mol. The van der Waals surface area contributed by atoms with Crippen molar-refractivity contribution in [2.45, 2.75) is 26.2 Å². The third-order valence-electron chi connectivity index (χ3n) is 4.26. The molecule has 0 aliphatic rings. The molecule has 0 saturated carbocycles. The zero-order valence-corrected chi connectivity index (χ0v) is 15.6. The molecule has 1 atom stereocenters. The molecule has 0 fully saturated rings. The van der Waals surface area contributed by atoms with Crippen LogP contribution in [0.4, 0.5) is 0 Å². The highest BCUT2D eigenvalue weighted by Gasteiger charge is 2.04. The minimum atomic E-state index is -0.743. The third-order valence-corrected chi connectivity index (χ3v) is 4.26. The van der Waals surface area contributed by atoms with E-state index >= 15 is 0 Å². The largest absolute Gasteiger partial charge is 0.490 e. The van der Waals surface area contributed by atoms with E-state index in [0.717, 1.165) is 12.2 Å². The van der Waals surface area contributed by atoms with Crippen molar-refractivity contribution >= 4 is 12.0 Å². The molecule has 2 aromatic rings. The second-order valence-electron chi connectivity index (χ2n) is 6.18. The van der Waals surface area contributed by atoms with Crippen LogP contribution in [0.2, 0.25) is 0 Å². The molecule has 0 heterocycles. The second-order valence-corrected chi connectivity index (χ2v) is 6.18. The summed E-state index contributed by atoms with van der Waals surface area (Å²) in [4.78, 5) is 11.1. The van der Waals surface area contributed by atoms with Crippen molar-refractivity contribution in [1.82, 2.24) is 0 Å². The predicted molar refractivity (Wildman–Crippen MR) is 105 cm³/mol. The maximum atomic E-state index is 11.1. The molecule has 0 aliphatic carbocycles. The number of hydrogen-bond acceptors (Lipinski definition) is 4. The lowest BCUT2D eigenvalue weighted by atomic mass is 9.99. The van der Waals surface area contributed by atoms with Crippen LogP contribution in [0.3, 0.4) is 0 Å². The number of benzene rings is 2. The van der Waals surface area contributed by atoms with Gasteiger partial charge in [0.1, 0.15) is 36.4 Å². The third kappa shape index (κ3) is 6.19. The topological polar surface area (TPSA) is 85.3 Å². The molecule has 5 nitrogen and oxygen atoms in total. The van der Waals surface area contributed by atoms with Crippen LogP contribution in [0.1, 0.15) is 37.3 Å². The van der Waals surface area contributed by atoms with Gasteiger partial charge in [-0.3, -0.25) is 4.79 Å². The summed E-state index contributed by atoms with van der Waals surface area (Å²) in [5, 5.41) is 8.85. The number of carbonyl (C=O) groups is 1. The smallest absolute Gasteiger partial charge is 0.259 e. The number of nitriles is 1. The Morgan fingerprint density at radius 2 is 1.59 bits per heavy atom. The van der Waals surface area contributed by atoms with Gasteiger partial charge in [0.15, 0.2) is 0 Å². The van der Waals surface area contributed by atoms with Crippen LogP contribution in [-0.2, 0) is 4.79 Å². The molecule has 0 aromatic heterocycles. The van der Waals surface area contributed by atoms with E-state index in [4.69, 9.17) is 20.5 Å². The van der Waals surface area contributed by atoms with E-state index in [1.165, 1.54) is 11.6 Å². The number of primary amides is 1. The molecule has 1 amide bonds. The maximum absolute atomic E-state index is 11.1. The van der Waals surface area contributed by atoms with E-state index in [1.54, 1.807) is 30.3 Å². The molecule has 140 valence electrons. The first-order valence-corrected chi connectivity index (χ1v) is 8.90. The standard InChI is InChI=1S/C22H24N2O3/c1-3-16(2)18-6-10-21(11-7-18)27-13-12-26-20-8-4-17(5-9-20)14-19(15-23)22(24)25/h4-11,14,16H,3,12-13H2,1-2H3,(H2,24,25)/b19-14-. The van der Waals surface area contributed by atoms with Crippen LogP contribution in [0.25, 0.3) is 6.08 Å². The fourth-order valence-corrected chi connectivity index (χ4v) is 2.43. The van der Waals surface area contributed by atoms with Crippen LogP contribution in [-0.4, -0.2) is 19.1 Å². The number of rotatable bonds is 9. The number of nitrogens with two attached hydrogens (primary N) is 1. The summed E-state index contributed by atoms with van der Waals surface area (Å²) < 4.78 is 11.3. The van der Waals surface area contributed by atoms with E-state index in [0.29, 0.717) is 30.4 Å². The van der Waals surface area contributed by atoms with Crippen LogP contribution < -0.4 is 15.2 Å². The van der Waals surface area contributed by atoms with Gasteiger partial charge >= 0.3 is 0 Å². The Morgan fingerprint density at radius 3 is 2.04 bits per heavy atom. The summed E-state index contributed by atoms with van der Waals surface area (Å²) in [5.41, 5.74) is 7.04. The Hall–Kier alpha value is -3.26. The highest BCUT2D eigenvalue weighted by Crippen LogP contribution is 2.21. The SMILES string of the molecule is CCC(C)c1ccc(OCCOc2ccc(/C=C(/C#N)C(N)=O)cc2)cc1. The molecule has 2 rings (SSSR count). The first-order valence-electron chi connectivity index (χ1n) is 8.90. The van der Waals surface area contributed by atoms with Crippen molar-refractivity contribution in [3.8, 4) is 17.6 Å². The molecule has 0 aliphatic heterocycles. The fourth-order valence-electron chi connectivity index (χ4n) is 2.43. The van der Waals surface area contributed by atoms with Crippen molar-refractivity contribution in [3.05, 3.63) is 65.2 Å². The Labute approximate surface area is 160 Å². The first kappa shape index (κ1) is 20.1. The lowest BCUT2D eigenvalue weighted by molar-refractivity contribution is -0.114. The summed E-state index contributed by atoms with van der Waals surface area (Å²) in [7, 11) is 0. The van der Waals surface area contributed by atoms with Gasteiger partial charge in [0.25, 0.3) is 5.91 Å². The normalized spacial score (nSPS) is 12.1. The van der Waals surface area contributed by atoms with Crippen LogP contribution in [0.5, 0.6) is 11.5 Å². The van der Waals surface area contributed by atoms with E-state index in [9.17, 15) is 4.79 Å². The average Bonchev–Trinajstić information content (AvgIpc) is 2.70. The Kier molecular flexibility index (Phi) is 7.45. The molecule has 5 heteroatoms. The zero-order chi connectivity index (χ0) is 19.6. The number of hydrogen-bond donors (Lipinski definition) is 1. The van der Waals surface area contributed by atoms with Crippen molar-refractivity contribution < 1.29 is 14.3 Å². The summed E-state index contributed by atoms with van der Waals surface area (Å²) in [5.74, 6) is 1.31. The number of ether oxygens (including phenoxy) is 2. The van der Waals surface area contributed by atoms with E-state index < -0.39 is 5.91 Å². The lowest BCUT2D eigenvalue weighted by Gasteiger charge is -2.11. The van der Waals surface area contributed by atoms with Gasteiger partial charge in [0, 0.05) is 0 Å². The summed E-state index contributed by atoms with van der Waals surface area (Å²) in [6.07, 6.45) is 2.56. The van der Waals surface area contributed by atoms with Gasteiger partial charge in [-0.25, -0.2) is 0 Å². The lowest BCUT2D eigenvalue weighted by Crippen LogP contribution is -2.12. The summed E-state index contributed by atoms with van der Waals surface area (Å²) >= 11 is 0. The number of amides is 1. The molecule has 2 aromatic carbocycles. The van der Waals surface area contributed by atoms with Gasteiger partial charge in [-0.15, -0.1) is 0 Å². The van der Waals surface area contributed by atoms with E-state index in [2.05, 4.69) is 26.0 Å².